The van der Waals surface area contributed by atoms with E-state index in [-0.39, 0.29) is 17.9 Å². The quantitative estimate of drug-likeness (QED) is 0.484. The zero-order chi connectivity index (χ0) is 12.1. The lowest BCUT2D eigenvalue weighted by Crippen LogP contribution is -2.15. The van der Waals surface area contributed by atoms with Gasteiger partial charge in [-0.05, 0) is 13.0 Å². The molecule has 0 spiro atoms. The van der Waals surface area contributed by atoms with E-state index in [2.05, 4.69) is 6.58 Å². The first-order valence-corrected chi connectivity index (χ1v) is 4.89. The molecule has 4 heteroatoms. The topological polar surface area (TPSA) is 52.3 Å². The molecular formula is C12H14FNO2. The van der Waals surface area contributed by atoms with E-state index >= 15 is 0 Å². The van der Waals surface area contributed by atoms with Crippen LogP contribution in [0, 0.1) is 5.82 Å². The van der Waals surface area contributed by atoms with Crippen LogP contribution >= 0.6 is 0 Å². The summed E-state index contributed by atoms with van der Waals surface area (Å²) in [4.78, 5) is 11.5. The number of carbonyl (C=O) groups excluding carboxylic acids is 1. The molecule has 1 unspecified atom stereocenters. The van der Waals surface area contributed by atoms with Gasteiger partial charge in [0.05, 0.1) is 11.6 Å². The van der Waals surface area contributed by atoms with E-state index in [0.29, 0.717) is 0 Å². The number of benzene rings is 1. The van der Waals surface area contributed by atoms with Gasteiger partial charge in [-0.2, -0.15) is 0 Å². The first-order chi connectivity index (χ1) is 7.57. The predicted octanol–water partition coefficient (Wildman–Crippen LogP) is 2.24. The molecule has 1 atom stereocenters. The maximum atomic E-state index is 13.6. The van der Waals surface area contributed by atoms with Gasteiger partial charge in [-0.1, -0.05) is 24.8 Å². The lowest BCUT2D eigenvalue weighted by atomic mass is 10.00. The summed E-state index contributed by atoms with van der Waals surface area (Å²) in [6.07, 6.45) is 1.46. The van der Waals surface area contributed by atoms with Gasteiger partial charge in [0.2, 0.25) is 0 Å². The number of carbonyl (C=O) groups is 1. The lowest BCUT2D eigenvalue weighted by Gasteiger charge is -2.12. The van der Waals surface area contributed by atoms with E-state index in [9.17, 15) is 9.18 Å². The SMILES string of the molecule is C=CCOC(=O)C(C)c1cccc(N)c1F. The molecular weight excluding hydrogens is 209 g/mol. The normalized spacial score (nSPS) is 11.9. The summed E-state index contributed by atoms with van der Waals surface area (Å²) in [6.45, 7) is 5.12. The summed E-state index contributed by atoms with van der Waals surface area (Å²) in [6, 6.07) is 4.57. The fourth-order valence-corrected chi connectivity index (χ4v) is 1.30. The van der Waals surface area contributed by atoms with Crippen molar-refractivity contribution in [3.05, 3.63) is 42.2 Å². The van der Waals surface area contributed by atoms with Gasteiger partial charge in [0.1, 0.15) is 12.4 Å². The molecule has 0 aliphatic rings. The van der Waals surface area contributed by atoms with Gasteiger partial charge in [-0.25, -0.2) is 4.39 Å². The van der Waals surface area contributed by atoms with Gasteiger partial charge in [-0.15, -0.1) is 0 Å². The van der Waals surface area contributed by atoms with Crippen molar-refractivity contribution in [2.75, 3.05) is 12.3 Å². The Balaban J connectivity index is 2.87. The highest BCUT2D eigenvalue weighted by Crippen LogP contribution is 2.23. The number of ether oxygens (including phenoxy) is 1. The summed E-state index contributed by atoms with van der Waals surface area (Å²) < 4.78 is 18.4. The Morgan fingerprint density at radius 1 is 1.69 bits per heavy atom. The van der Waals surface area contributed by atoms with Crippen LogP contribution in [0.4, 0.5) is 10.1 Å². The van der Waals surface area contributed by atoms with Gasteiger partial charge in [0.25, 0.3) is 0 Å². The second-order valence-corrected chi connectivity index (χ2v) is 3.39. The molecule has 1 rings (SSSR count). The molecule has 3 nitrogen and oxygen atoms in total. The average Bonchev–Trinajstić information content (AvgIpc) is 2.28. The van der Waals surface area contributed by atoms with Crippen LogP contribution in [0.3, 0.4) is 0 Å². The van der Waals surface area contributed by atoms with Crippen LogP contribution in [0.5, 0.6) is 0 Å². The molecule has 0 radical (unpaired) electrons. The zero-order valence-corrected chi connectivity index (χ0v) is 9.07. The van der Waals surface area contributed by atoms with Crippen LogP contribution in [0.15, 0.2) is 30.9 Å². The van der Waals surface area contributed by atoms with E-state index in [1.165, 1.54) is 18.2 Å². The van der Waals surface area contributed by atoms with Crippen molar-refractivity contribution in [1.82, 2.24) is 0 Å². The van der Waals surface area contributed by atoms with Crippen LogP contribution in [0.1, 0.15) is 18.4 Å². The van der Waals surface area contributed by atoms with Gasteiger partial charge in [0, 0.05) is 5.56 Å². The third-order valence-electron chi connectivity index (χ3n) is 2.22. The van der Waals surface area contributed by atoms with Crippen molar-refractivity contribution in [2.24, 2.45) is 0 Å². The Kier molecular flexibility index (Phi) is 4.05. The molecule has 16 heavy (non-hydrogen) atoms. The van der Waals surface area contributed by atoms with E-state index in [1.807, 2.05) is 0 Å². The van der Waals surface area contributed by atoms with Gasteiger partial charge in [-0.3, -0.25) is 4.79 Å². The summed E-state index contributed by atoms with van der Waals surface area (Å²) >= 11 is 0. The molecule has 0 aliphatic carbocycles. The molecule has 0 saturated carbocycles. The van der Waals surface area contributed by atoms with Crippen molar-refractivity contribution in [3.8, 4) is 0 Å². The molecule has 0 aromatic heterocycles. The Morgan fingerprint density at radius 3 is 3.00 bits per heavy atom. The summed E-state index contributed by atoms with van der Waals surface area (Å²) in [5, 5.41) is 0. The van der Waals surface area contributed by atoms with Gasteiger partial charge in [0.15, 0.2) is 0 Å². The number of hydrogen-bond donors (Lipinski definition) is 1. The fourth-order valence-electron chi connectivity index (χ4n) is 1.30. The van der Waals surface area contributed by atoms with Crippen molar-refractivity contribution in [1.29, 1.82) is 0 Å². The highest BCUT2D eigenvalue weighted by Gasteiger charge is 2.20. The number of anilines is 1. The number of nitrogens with two attached hydrogens (primary N) is 1. The first-order valence-electron chi connectivity index (χ1n) is 4.89. The first kappa shape index (κ1) is 12.2. The predicted molar refractivity (Wildman–Crippen MR) is 60.4 cm³/mol. The van der Waals surface area contributed by atoms with Crippen molar-refractivity contribution in [2.45, 2.75) is 12.8 Å². The van der Waals surface area contributed by atoms with E-state index in [1.54, 1.807) is 13.0 Å². The molecule has 86 valence electrons. The van der Waals surface area contributed by atoms with Crippen LogP contribution in [0.25, 0.3) is 0 Å². The van der Waals surface area contributed by atoms with Gasteiger partial charge >= 0.3 is 5.97 Å². The molecule has 0 bridgehead atoms. The molecule has 1 aromatic carbocycles. The van der Waals surface area contributed by atoms with Crippen molar-refractivity contribution >= 4 is 11.7 Å². The Labute approximate surface area is 93.7 Å². The average molecular weight is 223 g/mol. The van der Waals surface area contributed by atoms with Crippen LogP contribution in [-0.2, 0) is 9.53 Å². The van der Waals surface area contributed by atoms with Crippen LogP contribution in [0.2, 0.25) is 0 Å². The maximum absolute atomic E-state index is 13.6. The summed E-state index contributed by atoms with van der Waals surface area (Å²) in [5.41, 5.74) is 5.69. The largest absolute Gasteiger partial charge is 0.461 e. The van der Waals surface area contributed by atoms with E-state index in [0.717, 1.165) is 0 Å². The molecule has 0 fully saturated rings. The second-order valence-electron chi connectivity index (χ2n) is 3.39. The lowest BCUT2D eigenvalue weighted by molar-refractivity contribution is -0.143. The Hall–Kier alpha value is -1.84. The summed E-state index contributed by atoms with van der Waals surface area (Å²) in [7, 11) is 0. The number of nitrogen functional groups attached to an aromatic ring is 1. The monoisotopic (exact) mass is 223 g/mol. The minimum absolute atomic E-state index is 0.0286. The molecule has 0 heterocycles. The fraction of sp³-hybridized carbons (Fsp3) is 0.250. The number of rotatable bonds is 4. The highest BCUT2D eigenvalue weighted by atomic mass is 19.1. The molecule has 0 saturated heterocycles. The third-order valence-corrected chi connectivity index (χ3v) is 2.22. The molecule has 0 aliphatic heterocycles. The Bertz CT molecular complexity index is 404. The van der Waals surface area contributed by atoms with Gasteiger partial charge < -0.3 is 10.5 Å². The van der Waals surface area contributed by atoms with E-state index in [4.69, 9.17) is 10.5 Å². The number of esters is 1. The minimum Gasteiger partial charge on any atom is -0.461 e. The van der Waals surface area contributed by atoms with Crippen LogP contribution in [-0.4, -0.2) is 12.6 Å². The molecule has 1 aromatic rings. The smallest absolute Gasteiger partial charge is 0.313 e. The standard InChI is InChI=1S/C12H14FNO2/c1-3-7-16-12(15)8(2)9-5-4-6-10(14)11(9)13/h3-6,8H,1,7,14H2,2H3. The van der Waals surface area contributed by atoms with E-state index < -0.39 is 17.7 Å². The molecule has 0 amide bonds. The summed E-state index contributed by atoms with van der Waals surface area (Å²) in [5.74, 6) is -1.74. The third kappa shape index (κ3) is 2.59. The number of hydrogen-bond acceptors (Lipinski definition) is 3. The molecule has 2 N–H and O–H groups in total. The number of halogens is 1. The van der Waals surface area contributed by atoms with Crippen LogP contribution < -0.4 is 5.73 Å². The highest BCUT2D eigenvalue weighted by molar-refractivity contribution is 5.78. The zero-order valence-electron chi connectivity index (χ0n) is 9.07. The Morgan fingerprint density at radius 2 is 2.38 bits per heavy atom. The van der Waals surface area contributed by atoms with Crippen molar-refractivity contribution < 1.29 is 13.9 Å². The second kappa shape index (κ2) is 5.30. The van der Waals surface area contributed by atoms with Crippen molar-refractivity contribution in [3.63, 3.8) is 0 Å². The maximum Gasteiger partial charge on any atom is 0.313 e. The minimum atomic E-state index is -0.677.